The lowest BCUT2D eigenvalue weighted by molar-refractivity contribution is 0.171. The number of nitrogens with two attached hydrogens (primary N) is 1. The minimum Gasteiger partial charge on any atom is -0.271 e. The van der Waals surface area contributed by atoms with Crippen molar-refractivity contribution in [3.05, 3.63) is 20.8 Å². The number of hydrogen-bond donors (Lipinski definition) is 2. The van der Waals surface area contributed by atoms with Crippen molar-refractivity contribution in [2.75, 3.05) is 0 Å². The van der Waals surface area contributed by atoms with Crippen LogP contribution < -0.4 is 11.3 Å². The number of thiophene rings is 1. The maximum atomic E-state index is 5.76. The minimum atomic E-state index is 0.312. The van der Waals surface area contributed by atoms with E-state index in [4.69, 9.17) is 5.84 Å². The van der Waals surface area contributed by atoms with E-state index >= 15 is 0 Å². The van der Waals surface area contributed by atoms with E-state index in [0.29, 0.717) is 12.0 Å². The molecule has 0 aromatic carbocycles. The van der Waals surface area contributed by atoms with Gasteiger partial charge >= 0.3 is 0 Å². The first-order valence-corrected chi connectivity index (χ1v) is 7.99. The monoisotopic (exact) mass is 316 g/mol. The molecule has 1 fully saturated rings. The Balaban J connectivity index is 2.08. The zero-order chi connectivity index (χ0) is 12.4. The maximum absolute atomic E-state index is 5.76. The number of rotatable bonds is 3. The molecule has 1 aliphatic carbocycles. The Morgan fingerprint density at radius 3 is 2.71 bits per heavy atom. The molecule has 2 rings (SSSR count). The van der Waals surface area contributed by atoms with Gasteiger partial charge < -0.3 is 0 Å². The first-order valence-electron chi connectivity index (χ1n) is 6.32. The van der Waals surface area contributed by atoms with Gasteiger partial charge in [-0.25, -0.2) is 0 Å². The van der Waals surface area contributed by atoms with Crippen LogP contribution in [0.5, 0.6) is 0 Å². The second-order valence-corrected chi connectivity index (χ2v) is 7.65. The molecule has 1 aromatic rings. The Kier molecular flexibility index (Phi) is 4.64. The van der Waals surface area contributed by atoms with Gasteiger partial charge in [0.15, 0.2) is 0 Å². The predicted molar refractivity (Wildman–Crippen MR) is 77.8 cm³/mol. The highest BCUT2D eigenvalue weighted by Gasteiger charge is 2.30. The van der Waals surface area contributed by atoms with E-state index in [1.165, 1.54) is 28.6 Å². The molecule has 0 saturated heterocycles. The molecule has 96 valence electrons. The molecule has 0 spiro atoms. The van der Waals surface area contributed by atoms with E-state index in [1.807, 2.05) is 0 Å². The molecular weight excluding hydrogens is 296 g/mol. The minimum absolute atomic E-state index is 0.312. The van der Waals surface area contributed by atoms with E-state index in [1.54, 1.807) is 11.3 Å². The Bertz CT molecular complexity index is 366. The summed E-state index contributed by atoms with van der Waals surface area (Å²) in [6.07, 6.45) is 3.90. The Hall–Kier alpha value is 0.100. The number of hydrazine groups is 1. The van der Waals surface area contributed by atoms with Crippen LogP contribution in [-0.4, -0.2) is 0 Å². The van der Waals surface area contributed by atoms with E-state index in [9.17, 15) is 0 Å². The van der Waals surface area contributed by atoms with Gasteiger partial charge in [-0.3, -0.25) is 11.3 Å². The lowest BCUT2D eigenvalue weighted by atomic mass is 9.72. The Labute approximate surface area is 116 Å². The summed E-state index contributed by atoms with van der Waals surface area (Å²) in [6, 6.07) is 2.50. The van der Waals surface area contributed by atoms with Crippen molar-refractivity contribution in [2.45, 2.75) is 39.2 Å². The van der Waals surface area contributed by atoms with Crippen LogP contribution >= 0.6 is 27.3 Å². The topological polar surface area (TPSA) is 38.0 Å². The summed E-state index contributed by atoms with van der Waals surface area (Å²) >= 11 is 5.26. The fourth-order valence-corrected chi connectivity index (χ4v) is 4.10. The molecule has 4 atom stereocenters. The lowest BCUT2D eigenvalue weighted by Gasteiger charge is -2.36. The summed E-state index contributed by atoms with van der Waals surface area (Å²) in [5.41, 5.74) is 4.35. The summed E-state index contributed by atoms with van der Waals surface area (Å²) in [7, 11) is 0. The first-order chi connectivity index (χ1) is 8.11. The summed E-state index contributed by atoms with van der Waals surface area (Å²) < 4.78 is 1.19. The number of hydrogen-bond acceptors (Lipinski definition) is 3. The van der Waals surface area contributed by atoms with Gasteiger partial charge in [0.2, 0.25) is 0 Å². The molecule has 1 aromatic heterocycles. The zero-order valence-electron chi connectivity index (χ0n) is 10.4. The van der Waals surface area contributed by atoms with Crippen molar-refractivity contribution < 1.29 is 0 Å². The van der Waals surface area contributed by atoms with Gasteiger partial charge in [0.1, 0.15) is 0 Å². The normalized spacial score (nSPS) is 31.4. The maximum Gasteiger partial charge on any atom is 0.0701 e. The summed E-state index contributed by atoms with van der Waals surface area (Å²) in [6.45, 7) is 4.74. The van der Waals surface area contributed by atoms with E-state index in [0.717, 1.165) is 11.8 Å². The largest absolute Gasteiger partial charge is 0.271 e. The van der Waals surface area contributed by atoms with E-state index < -0.39 is 0 Å². The molecule has 17 heavy (non-hydrogen) atoms. The molecule has 2 nitrogen and oxygen atoms in total. The predicted octanol–water partition coefficient (Wildman–Crippen LogP) is 4.09. The average Bonchev–Trinajstić information content (AvgIpc) is 2.71. The van der Waals surface area contributed by atoms with Crippen molar-refractivity contribution in [3.63, 3.8) is 0 Å². The molecule has 1 aliphatic rings. The highest BCUT2D eigenvalue weighted by Crippen LogP contribution is 2.40. The van der Waals surface area contributed by atoms with Gasteiger partial charge in [-0.1, -0.05) is 20.3 Å². The van der Waals surface area contributed by atoms with Crippen LogP contribution in [-0.2, 0) is 0 Å². The van der Waals surface area contributed by atoms with Gasteiger partial charge in [0, 0.05) is 6.04 Å². The van der Waals surface area contributed by atoms with E-state index in [2.05, 4.69) is 46.6 Å². The third-order valence-electron chi connectivity index (χ3n) is 4.24. The number of halogens is 1. The van der Waals surface area contributed by atoms with E-state index in [-0.39, 0.29) is 0 Å². The van der Waals surface area contributed by atoms with Crippen LogP contribution in [0.1, 0.15) is 44.7 Å². The molecular formula is C13H21BrN2S. The molecule has 3 N–H and O–H groups in total. The van der Waals surface area contributed by atoms with Gasteiger partial charge in [-0.05, 0) is 63.5 Å². The third-order valence-corrected chi connectivity index (χ3v) is 5.76. The molecule has 0 amide bonds. The molecule has 1 saturated carbocycles. The van der Waals surface area contributed by atoms with Crippen molar-refractivity contribution in [2.24, 2.45) is 23.6 Å². The lowest BCUT2D eigenvalue weighted by Crippen LogP contribution is -2.36. The van der Waals surface area contributed by atoms with Crippen molar-refractivity contribution in [3.8, 4) is 0 Å². The van der Waals surface area contributed by atoms with Crippen LogP contribution in [0.15, 0.2) is 15.2 Å². The SMILES string of the molecule is CC1CCC(C(NN)c2csc(Br)c2)CC1C. The molecule has 0 aliphatic heterocycles. The zero-order valence-corrected chi connectivity index (χ0v) is 12.9. The van der Waals surface area contributed by atoms with Crippen LogP contribution in [0.25, 0.3) is 0 Å². The van der Waals surface area contributed by atoms with Crippen molar-refractivity contribution in [1.82, 2.24) is 5.43 Å². The Morgan fingerprint density at radius 1 is 1.41 bits per heavy atom. The van der Waals surface area contributed by atoms with Crippen LogP contribution in [0.3, 0.4) is 0 Å². The second kappa shape index (κ2) is 5.83. The van der Waals surface area contributed by atoms with Crippen LogP contribution in [0.4, 0.5) is 0 Å². The van der Waals surface area contributed by atoms with Crippen molar-refractivity contribution >= 4 is 27.3 Å². The first kappa shape index (κ1) is 13.5. The van der Waals surface area contributed by atoms with Gasteiger partial charge in [0.25, 0.3) is 0 Å². The quantitative estimate of drug-likeness (QED) is 0.651. The van der Waals surface area contributed by atoms with Gasteiger partial charge in [-0.15, -0.1) is 11.3 Å². The molecule has 4 unspecified atom stereocenters. The van der Waals surface area contributed by atoms with Crippen molar-refractivity contribution in [1.29, 1.82) is 0 Å². The third kappa shape index (κ3) is 3.11. The summed E-state index contributed by atoms with van der Waals surface area (Å²) in [5, 5.41) is 2.21. The highest BCUT2D eigenvalue weighted by molar-refractivity contribution is 9.11. The fourth-order valence-electron chi connectivity index (χ4n) is 2.88. The molecule has 4 heteroatoms. The Morgan fingerprint density at radius 2 is 2.18 bits per heavy atom. The molecule has 0 radical (unpaired) electrons. The summed E-state index contributed by atoms with van der Waals surface area (Å²) in [4.78, 5) is 0. The smallest absolute Gasteiger partial charge is 0.0701 e. The highest BCUT2D eigenvalue weighted by atomic mass is 79.9. The molecule has 1 heterocycles. The van der Waals surface area contributed by atoms with Crippen LogP contribution in [0, 0.1) is 17.8 Å². The second-order valence-electron chi connectivity index (χ2n) is 5.36. The van der Waals surface area contributed by atoms with Gasteiger partial charge in [0.05, 0.1) is 3.79 Å². The summed E-state index contributed by atoms with van der Waals surface area (Å²) in [5.74, 6) is 8.11. The fraction of sp³-hybridized carbons (Fsp3) is 0.692. The molecule has 0 bridgehead atoms. The standard InChI is InChI=1S/C13H21BrN2S/c1-8-3-4-10(5-9(8)2)13(16-15)11-6-12(14)17-7-11/h6-10,13,16H,3-5,15H2,1-2H3. The van der Waals surface area contributed by atoms with Crippen LogP contribution in [0.2, 0.25) is 0 Å². The number of nitrogens with one attached hydrogen (secondary N) is 1. The average molecular weight is 317 g/mol. The van der Waals surface area contributed by atoms with Gasteiger partial charge in [-0.2, -0.15) is 0 Å².